The SMILES string of the molecule is CC(C)[C@@H]1CC[C@@H](C)C[C@H]1p1c2ccccc2c2ccccc21. The molecule has 2 aromatic carbocycles. The first kappa shape index (κ1) is 15.3. The minimum Gasteiger partial charge on any atom is -0.105 e. The van der Waals surface area contributed by atoms with E-state index in [1.54, 1.807) is 10.2 Å². The summed E-state index contributed by atoms with van der Waals surface area (Å²) in [6.07, 6.45) is 4.26. The van der Waals surface area contributed by atoms with Gasteiger partial charge in [0.05, 0.1) is 0 Å². The molecule has 0 nitrogen and oxygen atoms in total. The zero-order valence-electron chi connectivity index (χ0n) is 14.5. The molecular formula is C22H27P. The van der Waals surface area contributed by atoms with E-state index >= 15 is 0 Å². The molecule has 0 radical (unpaired) electrons. The van der Waals surface area contributed by atoms with Crippen molar-refractivity contribution >= 4 is 28.5 Å². The number of rotatable bonds is 2. The second kappa shape index (κ2) is 5.99. The summed E-state index contributed by atoms with van der Waals surface area (Å²) < 4.78 is 0. The second-order valence-electron chi connectivity index (χ2n) is 7.80. The van der Waals surface area contributed by atoms with E-state index in [1.807, 2.05) is 0 Å². The molecule has 120 valence electrons. The molecule has 1 fully saturated rings. The molecule has 0 unspecified atom stereocenters. The van der Waals surface area contributed by atoms with Crippen molar-refractivity contribution in [2.24, 2.45) is 17.8 Å². The van der Waals surface area contributed by atoms with Gasteiger partial charge in [0.2, 0.25) is 0 Å². The fourth-order valence-electron chi connectivity index (χ4n) is 4.76. The minimum absolute atomic E-state index is 0.193. The highest BCUT2D eigenvalue weighted by Gasteiger charge is 2.33. The molecule has 1 heteroatoms. The summed E-state index contributed by atoms with van der Waals surface area (Å²) in [5.41, 5.74) is 0.860. The summed E-state index contributed by atoms with van der Waals surface area (Å²) in [4.78, 5) is 0. The number of fused-ring (bicyclic) bond motifs is 3. The Bertz CT molecular complexity index is 773. The maximum Gasteiger partial charge on any atom is 0.00266 e. The topological polar surface area (TPSA) is 0 Å². The molecule has 0 aliphatic heterocycles. The van der Waals surface area contributed by atoms with Crippen molar-refractivity contribution < 1.29 is 0 Å². The minimum atomic E-state index is -0.193. The van der Waals surface area contributed by atoms with Crippen LogP contribution in [0.2, 0.25) is 0 Å². The van der Waals surface area contributed by atoms with Crippen LogP contribution in [0.4, 0.5) is 0 Å². The maximum absolute atomic E-state index is 2.47. The predicted molar refractivity (Wildman–Crippen MR) is 105 cm³/mol. The first-order valence-corrected chi connectivity index (χ1v) is 10.6. The first-order valence-electron chi connectivity index (χ1n) is 9.14. The lowest BCUT2D eigenvalue weighted by Crippen LogP contribution is -2.23. The Hall–Kier alpha value is -1.26. The van der Waals surface area contributed by atoms with Gasteiger partial charge >= 0.3 is 0 Å². The standard InChI is InChI=1S/C22H27P/c1-15(2)17-13-12-16(3)14-22(17)23-20-10-6-4-8-18(20)19-9-5-7-11-21(19)23/h4-11,15-17,22H,12-14H2,1-3H3/t16-,17+,22-/m1/s1. The molecule has 0 bridgehead atoms. The van der Waals surface area contributed by atoms with Crippen molar-refractivity contribution in [2.45, 2.75) is 45.7 Å². The quantitative estimate of drug-likeness (QED) is 0.455. The van der Waals surface area contributed by atoms with Crippen molar-refractivity contribution in [1.82, 2.24) is 0 Å². The van der Waals surface area contributed by atoms with Crippen LogP contribution in [0, 0.1) is 17.8 Å². The van der Waals surface area contributed by atoms with Gasteiger partial charge in [-0.25, -0.2) is 0 Å². The Morgan fingerprint density at radius 3 is 2.00 bits per heavy atom. The van der Waals surface area contributed by atoms with Gasteiger partial charge in [-0.05, 0) is 41.4 Å². The number of hydrogen-bond acceptors (Lipinski definition) is 0. The number of hydrogen-bond donors (Lipinski definition) is 0. The van der Waals surface area contributed by atoms with Gasteiger partial charge in [0.1, 0.15) is 0 Å². The normalized spacial score (nSPS) is 25.5. The summed E-state index contributed by atoms with van der Waals surface area (Å²) in [6, 6.07) is 18.4. The first-order chi connectivity index (χ1) is 11.2. The van der Waals surface area contributed by atoms with E-state index in [0.29, 0.717) is 0 Å². The molecule has 1 saturated carbocycles. The van der Waals surface area contributed by atoms with Gasteiger partial charge in [0.15, 0.2) is 0 Å². The smallest absolute Gasteiger partial charge is 0.00266 e. The van der Waals surface area contributed by atoms with Gasteiger partial charge in [-0.2, -0.15) is 0 Å². The van der Waals surface area contributed by atoms with Crippen molar-refractivity contribution in [1.29, 1.82) is 0 Å². The van der Waals surface area contributed by atoms with Gasteiger partial charge in [-0.3, -0.25) is 0 Å². The van der Waals surface area contributed by atoms with Crippen LogP contribution in [0.15, 0.2) is 48.5 Å². The Morgan fingerprint density at radius 1 is 0.870 bits per heavy atom. The van der Waals surface area contributed by atoms with Gasteiger partial charge in [-0.15, -0.1) is 7.53 Å². The Balaban J connectivity index is 1.98. The molecule has 4 rings (SSSR count). The van der Waals surface area contributed by atoms with Crippen LogP contribution in [-0.2, 0) is 0 Å². The van der Waals surface area contributed by atoms with E-state index in [1.165, 1.54) is 30.0 Å². The van der Waals surface area contributed by atoms with E-state index in [0.717, 1.165) is 23.4 Å². The highest BCUT2D eigenvalue weighted by atomic mass is 31.1. The Morgan fingerprint density at radius 2 is 1.43 bits per heavy atom. The van der Waals surface area contributed by atoms with Crippen LogP contribution in [0.3, 0.4) is 0 Å². The monoisotopic (exact) mass is 322 g/mol. The van der Waals surface area contributed by atoms with Gasteiger partial charge in [0, 0.05) is 15.9 Å². The van der Waals surface area contributed by atoms with Crippen molar-refractivity contribution in [3.05, 3.63) is 48.5 Å². The van der Waals surface area contributed by atoms with E-state index in [4.69, 9.17) is 0 Å². The molecule has 3 aromatic rings. The average molecular weight is 322 g/mol. The summed E-state index contributed by atoms with van der Waals surface area (Å²) in [5, 5.41) is 6.31. The molecule has 0 spiro atoms. The number of benzene rings is 2. The van der Waals surface area contributed by atoms with Crippen LogP contribution in [-0.4, -0.2) is 0 Å². The van der Waals surface area contributed by atoms with Crippen molar-refractivity contribution in [3.8, 4) is 0 Å². The van der Waals surface area contributed by atoms with Crippen LogP contribution in [0.1, 0.15) is 45.7 Å². The third kappa shape index (κ3) is 2.52. The van der Waals surface area contributed by atoms with Crippen LogP contribution < -0.4 is 0 Å². The summed E-state index contributed by atoms with van der Waals surface area (Å²) in [5.74, 6) is 2.57. The summed E-state index contributed by atoms with van der Waals surface area (Å²) in [7, 11) is -0.193. The molecule has 1 aliphatic carbocycles. The highest BCUT2D eigenvalue weighted by molar-refractivity contribution is 7.61. The van der Waals surface area contributed by atoms with Crippen molar-refractivity contribution in [3.63, 3.8) is 0 Å². The molecule has 23 heavy (non-hydrogen) atoms. The van der Waals surface area contributed by atoms with E-state index in [2.05, 4.69) is 69.3 Å². The van der Waals surface area contributed by atoms with Crippen LogP contribution in [0.5, 0.6) is 0 Å². The zero-order valence-corrected chi connectivity index (χ0v) is 15.4. The zero-order chi connectivity index (χ0) is 16.0. The third-order valence-electron chi connectivity index (χ3n) is 5.94. The van der Waals surface area contributed by atoms with Gasteiger partial charge in [0.25, 0.3) is 0 Å². The molecule has 1 aliphatic rings. The fraction of sp³-hybridized carbons (Fsp3) is 0.455. The lowest BCUT2D eigenvalue weighted by Gasteiger charge is -2.38. The third-order valence-corrected chi connectivity index (χ3v) is 9.01. The summed E-state index contributed by atoms with van der Waals surface area (Å²) in [6.45, 7) is 7.35. The Labute approximate surface area is 141 Å². The van der Waals surface area contributed by atoms with Gasteiger partial charge in [-0.1, -0.05) is 75.7 Å². The fourth-order valence-corrected chi connectivity index (χ4v) is 8.58. The van der Waals surface area contributed by atoms with E-state index in [-0.39, 0.29) is 7.53 Å². The summed E-state index contributed by atoms with van der Waals surface area (Å²) >= 11 is 0. The molecule has 1 heterocycles. The maximum atomic E-state index is 2.47. The highest BCUT2D eigenvalue weighted by Crippen LogP contribution is 2.62. The van der Waals surface area contributed by atoms with Crippen LogP contribution in [0.25, 0.3) is 21.0 Å². The lowest BCUT2D eigenvalue weighted by molar-refractivity contribution is 0.225. The lowest BCUT2D eigenvalue weighted by atomic mass is 9.77. The Kier molecular flexibility index (Phi) is 3.98. The molecule has 0 amide bonds. The molecule has 3 atom stereocenters. The largest absolute Gasteiger partial charge is 0.105 e. The molecule has 0 saturated heterocycles. The van der Waals surface area contributed by atoms with Gasteiger partial charge < -0.3 is 0 Å². The molecular weight excluding hydrogens is 295 g/mol. The van der Waals surface area contributed by atoms with E-state index < -0.39 is 0 Å². The molecule has 1 aromatic heterocycles. The van der Waals surface area contributed by atoms with E-state index in [9.17, 15) is 0 Å². The predicted octanol–water partition coefficient (Wildman–Crippen LogP) is 7.61. The van der Waals surface area contributed by atoms with Crippen molar-refractivity contribution in [2.75, 3.05) is 0 Å². The molecule has 0 N–H and O–H groups in total. The second-order valence-corrected chi connectivity index (χ2v) is 10.2. The average Bonchev–Trinajstić information content (AvgIpc) is 2.89. The van der Waals surface area contributed by atoms with Crippen LogP contribution >= 0.6 is 7.53 Å².